The lowest BCUT2D eigenvalue weighted by Gasteiger charge is -2.34. The fourth-order valence-corrected chi connectivity index (χ4v) is 3.42. The molecule has 2 aromatic rings. The van der Waals surface area contributed by atoms with Crippen LogP contribution < -0.4 is 0 Å². The number of hydrogen-bond acceptors (Lipinski definition) is 3. The standard InChI is InChI=1S/C23H28ClN3O/c1-25(18-21-9-11-22(24)12-10-21)23(28)19-27-16-14-26(15-17-27)13-5-8-20-6-3-2-4-7-20/h2-12H,13-19H2,1H3/b8-5+. The van der Waals surface area contributed by atoms with Crippen molar-refractivity contribution >= 4 is 23.6 Å². The molecule has 148 valence electrons. The summed E-state index contributed by atoms with van der Waals surface area (Å²) < 4.78 is 0. The number of amides is 1. The van der Waals surface area contributed by atoms with Crippen LogP contribution in [0.3, 0.4) is 0 Å². The zero-order chi connectivity index (χ0) is 19.8. The molecule has 0 aromatic heterocycles. The van der Waals surface area contributed by atoms with Crippen molar-refractivity contribution in [3.8, 4) is 0 Å². The Morgan fingerprint density at radius 3 is 2.32 bits per heavy atom. The summed E-state index contributed by atoms with van der Waals surface area (Å²) in [5, 5.41) is 0.717. The van der Waals surface area contributed by atoms with Crippen molar-refractivity contribution in [2.45, 2.75) is 6.54 Å². The molecule has 1 heterocycles. The van der Waals surface area contributed by atoms with E-state index in [-0.39, 0.29) is 5.91 Å². The Morgan fingerprint density at radius 2 is 1.64 bits per heavy atom. The van der Waals surface area contributed by atoms with Gasteiger partial charge in [0.05, 0.1) is 6.54 Å². The van der Waals surface area contributed by atoms with Gasteiger partial charge in [-0.2, -0.15) is 0 Å². The number of rotatable bonds is 7. The molecule has 0 saturated carbocycles. The first-order valence-corrected chi connectivity index (χ1v) is 10.1. The Balaban J connectivity index is 1.38. The van der Waals surface area contributed by atoms with Crippen molar-refractivity contribution in [2.24, 2.45) is 0 Å². The molecule has 2 aromatic carbocycles. The van der Waals surface area contributed by atoms with Gasteiger partial charge < -0.3 is 4.90 Å². The van der Waals surface area contributed by atoms with Crippen LogP contribution in [-0.4, -0.2) is 66.9 Å². The smallest absolute Gasteiger partial charge is 0.236 e. The quantitative estimate of drug-likeness (QED) is 0.713. The van der Waals surface area contributed by atoms with Crippen molar-refractivity contribution in [1.82, 2.24) is 14.7 Å². The Kier molecular flexibility index (Phi) is 7.66. The molecule has 0 unspecified atom stereocenters. The maximum Gasteiger partial charge on any atom is 0.236 e. The summed E-state index contributed by atoms with van der Waals surface area (Å²) >= 11 is 5.92. The summed E-state index contributed by atoms with van der Waals surface area (Å²) in [4.78, 5) is 19.0. The number of halogens is 1. The molecule has 3 rings (SSSR count). The lowest BCUT2D eigenvalue weighted by atomic mass is 10.2. The third-order valence-electron chi connectivity index (χ3n) is 5.06. The number of hydrogen-bond donors (Lipinski definition) is 0. The molecule has 5 heteroatoms. The number of benzene rings is 2. The summed E-state index contributed by atoms with van der Waals surface area (Å²) in [6.45, 7) is 5.89. The molecule has 0 radical (unpaired) electrons. The van der Waals surface area contributed by atoms with E-state index in [4.69, 9.17) is 11.6 Å². The number of likely N-dealkylation sites (N-methyl/N-ethyl adjacent to an activating group) is 1. The van der Waals surface area contributed by atoms with E-state index in [9.17, 15) is 4.79 Å². The van der Waals surface area contributed by atoms with Gasteiger partial charge in [0.25, 0.3) is 0 Å². The van der Waals surface area contributed by atoms with Gasteiger partial charge >= 0.3 is 0 Å². The van der Waals surface area contributed by atoms with Crippen LogP contribution in [0.5, 0.6) is 0 Å². The average Bonchev–Trinajstić information content (AvgIpc) is 2.72. The van der Waals surface area contributed by atoms with Gasteiger partial charge in [0.2, 0.25) is 5.91 Å². The van der Waals surface area contributed by atoms with Crippen LogP contribution in [0.25, 0.3) is 6.08 Å². The monoisotopic (exact) mass is 397 g/mol. The summed E-state index contributed by atoms with van der Waals surface area (Å²) in [5.41, 5.74) is 2.32. The molecule has 1 aliphatic rings. The first-order valence-electron chi connectivity index (χ1n) is 9.75. The molecule has 0 spiro atoms. The number of piperazine rings is 1. The van der Waals surface area contributed by atoms with E-state index in [1.165, 1.54) is 5.56 Å². The van der Waals surface area contributed by atoms with Crippen molar-refractivity contribution in [1.29, 1.82) is 0 Å². The number of nitrogens with zero attached hydrogens (tertiary/aromatic N) is 3. The summed E-state index contributed by atoms with van der Waals surface area (Å²) in [6.07, 6.45) is 4.39. The van der Waals surface area contributed by atoms with Crippen LogP contribution in [0, 0.1) is 0 Å². The average molecular weight is 398 g/mol. The Labute approximate surface area is 173 Å². The molecule has 28 heavy (non-hydrogen) atoms. The predicted octanol–water partition coefficient (Wildman–Crippen LogP) is 3.63. The second-order valence-corrected chi connectivity index (χ2v) is 7.70. The maximum absolute atomic E-state index is 12.5. The second-order valence-electron chi connectivity index (χ2n) is 7.27. The summed E-state index contributed by atoms with van der Waals surface area (Å²) in [7, 11) is 1.86. The molecular formula is C23H28ClN3O. The highest BCUT2D eigenvalue weighted by atomic mass is 35.5. The molecule has 1 saturated heterocycles. The lowest BCUT2D eigenvalue weighted by Crippen LogP contribution is -2.49. The van der Waals surface area contributed by atoms with Crippen LogP contribution in [-0.2, 0) is 11.3 Å². The van der Waals surface area contributed by atoms with E-state index in [1.807, 2.05) is 37.4 Å². The van der Waals surface area contributed by atoms with Crippen LogP contribution in [0.15, 0.2) is 60.7 Å². The molecule has 4 nitrogen and oxygen atoms in total. The topological polar surface area (TPSA) is 26.8 Å². The first-order chi connectivity index (χ1) is 13.6. The van der Waals surface area contributed by atoms with Crippen LogP contribution in [0.2, 0.25) is 5.02 Å². The zero-order valence-corrected chi connectivity index (χ0v) is 17.2. The minimum atomic E-state index is 0.160. The molecule has 0 bridgehead atoms. The number of carbonyl (C=O) groups is 1. The third-order valence-corrected chi connectivity index (χ3v) is 5.31. The predicted molar refractivity (Wildman–Crippen MR) is 116 cm³/mol. The van der Waals surface area contributed by atoms with Gasteiger partial charge in [-0.1, -0.05) is 66.2 Å². The molecule has 0 atom stereocenters. The van der Waals surface area contributed by atoms with Gasteiger partial charge in [-0.05, 0) is 23.3 Å². The van der Waals surface area contributed by atoms with E-state index in [1.54, 1.807) is 4.90 Å². The Morgan fingerprint density at radius 1 is 1.00 bits per heavy atom. The van der Waals surface area contributed by atoms with E-state index in [2.05, 4.69) is 46.2 Å². The maximum atomic E-state index is 12.5. The van der Waals surface area contributed by atoms with E-state index < -0.39 is 0 Å². The van der Waals surface area contributed by atoms with Gasteiger partial charge in [0.1, 0.15) is 0 Å². The highest BCUT2D eigenvalue weighted by Gasteiger charge is 2.19. The van der Waals surface area contributed by atoms with E-state index in [0.29, 0.717) is 18.1 Å². The largest absolute Gasteiger partial charge is 0.340 e. The third kappa shape index (κ3) is 6.48. The van der Waals surface area contributed by atoms with Crippen molar-refractivity contribution in [3.63, 3.8) is 0 Å². The van der Waals surface area contributed by atoms with Crippen LogP contribution >= 0.6 is 11.6 Å². The van der Waals surface area contributed by atoms with Crippen molar-refractivity contribution in [2.75, 3.05) is 46.3 Å². The van der Waals surface area contributed by atoms with E-state index >= 15 is 0 Å². The summed E-state index contributed by atoms with van der Waals surface area (Å²) in [6, 6.07) is 18.0. The molecule has 0 aliphatic carbocycles. The minimum Gasteiger partial charge on any atom is -0.340 e. The van der Waals surface area contributed by atoms with E-state index in [0.717, 1.165) is 38.3 Å². The first kappa shape index (κ1) is 20.6. The fraction of sp³-hybridized carbons (Fsp3) is 0.348. The molecule has 0 N–H and O–H groups in total. The second kappa shape index (κ2) is 10.4. The molecule has 1 aliphatic heterocycles. The highest BCUT2D eigenvalue weighted by molar-refractivity contribution is 6.30. The van der Waals surface area contributed by atoms with Crippen molar-refractivity contribution < 1.29 is 4.79 Å². The van der Waals surface area contributed by atoms with Gasteiger partial charge in [-0.3, -0.25) is 14.6 Å². The lowest BCUT2D eigenvalue weighted by molar-refractivity contribution is -0.132. The van der Waals surface area contributed by atoms with Gasteiger partial charge in [0, 0.05) is 51.3 Å². The van der Waals surface area contributed by atoms with Gasteiger partial charge in [-0.15, -0.1) is 0 Å². The minimum absolute atomic E-state index is 0.160. The van der Waals surface area contributed by atoms with Crippen LogP contribution in [0.4, 0.5) is 0 Å². The summed E-state index contributed by atoms with van der Waals surface area (Å²) in [5.74, 6) is 0.160. The Bertz CT molecular complexity index is 768. The zero-order valence-electron chi connectivity index (χ0n) is 16.4. The van der Waals surface area contributed by atoms with Gasteiger partial charge in [0.15, 0.2) is 0 Å². The number of carbonyl (C=O) groups excluding carboxylic acids is 1. The Hall–Kier alpha value is -2.14. The van der Waals surface area contributed by atoms with Gasteiger partial charge in [-0.25, -0.2) is 0 Å². The fourth-order valence-electron chi connectivity index (χ4n) is 3.30. The molecule has 1 fully saturated rings. The molecular weight excluding hydrogens is 370 g/mol. The normalized spacial score (nSPS) is 15.8. The molecule has 1 amide bonds. The van der Waals surface area contributed by atoms with Crippen LogP contribution in [0.1, 0.15) is 11.1 Å². The highest BCUT2D eigenvalue weighted by Crippen LogP contribution is 2.11. The SMILES string of the molecule is CN(Cc1ccc(Cl)cc1)C(=O)CN1CCN(C/C=C/c2ccccc2)CC1. The van der Waals surface area contributed by atoms with Crippen molar-refractivity contribution in [3.05, 3.63) is 76.8 Å².